The summed E-state index contributed by atoms with van der Waals surface area (Å²) in [5.74, 6) is -2.81. The molecule has 0 fully saturated rings. The van der Waals surface area contributed by atoms with Crippen LogP contribution < -0.4 is 0 Å². The van der Waals surface area contributed by atoms with Crippen LogP contribution in [0.4, 0.5) is 13.2 Å². The Morgan fingerprint density at radius 2 is 1.77 bits per heavy atom. The fraction of sp³-hybridized carbons (Fsp3) is 0.857. The van der Waals surface area contributed by atoms with Crippen molar-refractivity contribution >= 4 is 5.97 Å². The van der Waals surface area contributed by atoms with Crippen molar-refractivity contribution in [2.75, 3.05) is 0 Å². The van der Waals surface area contributed by atoms with Crippen molar-refractivity contribution in [3.8, 4) is 0 Å². The van der Waals surface area contributed by atoms with Crippen LogP contribution in [0.2, 0.25) is 0 Å². The van der Waals surface area contributed by atoms with Gasteiger partial charge in [-0.05, 0) is 12.3 Å². The normalized spacial score (nSPS) is 17.2. The second kappa shape index (κ2) is 3.53. The quantitative estimate of drug-likeness (QED) is 0.724. The number of carbonyl (C=O) groups is 1. The third kappa shape index (κ3) is 2.58. The van der Waals surface area contributed by atoms with Crippen molar-refractivity contribution in [1.82, 2.24) is 0 Å². The van der Waals surface area contributed by atoms with E-state index in [4.69, 9.17) is 10.2 Å². The van der Waals surface area contributed by atoms with Gasteiger partial charge in [-0.2, -0.15) is 13.2 Å². The summed E-state index contributed by atoms with van der Waals surface area (Å²) in [4.78, 5) is 10.2. The zero-order valence-electron chi connectivity index (χ0n) is 7.22. The van der Waals surface area contributed by atoms with Crippen molar-refractivity contribution in [3.05, 3.63) is 0 Å². The van der Waals surface area contributed by atoms with Crippen molar-refractivity contribution in [2.45, 2.75) is 32.0 Å². The van der Waals surface area contributed by atoms with Crippen LogP contribution in [0.25, 0.3) is 0 Å². The lowest BCUT2D eigenvalue weighted by Crippen LogP contribution is -2.52. The first-order chi connectivity index (χ1) is 5.61. The third-order valence-electron chi connectivity index (χ3n) is 1.53. The molecular formula is C7H11F3O3. The highest BCUT2D eigenvalue weighted by atomic mass is 19.4. The minimum Gasteiger partial charge on any atom is -0.479 e. The number of hydrogen-bond donors (Lipinski definition) is 2. The van der Waals surface area contributed by atoms with Gasteiger partial charge in [-0.3, -0.25) is 0 Å². The molecule has 0 unspecified atom stereocenters. The number of rotatable bonds is 3. The molecule has 6 heteroatoms. The molecule has 0 rings (SSSR count). The maximum atomic E-state index is 12.1. The van der Waals surface area contributed by atoms with Crippen LogP contribution in [0.15, 0.2) is 0 Å². The standard InChI is InChI=1S/C7H11F3O3/c1-4(2)3-6(13,5(11)12)7(8,9)10/h4,13H,3H2,1-2H3,(H,11,12)/t6-/m1/s1. The molecule has 1 atom stereocenters. The maximum absolute atomic E-state index is 12.1. The van der Waals surface area contributed by atoms with E-state index in [1.807, 2.05) is 0 Å². The lowest BCUT2D eigenvalue weighted by atomic mass is 9.92. The van der Waals surface area contributed by atoms with Crippen molar-refractivity contribution in [1.29, 1.82) is 0 Å². The topological polar surface area (TPSA) is 57.5 Å². The van der Waals surface area contributed by atoms with Crippen LogP contribution in [0.1, 0.15) is 20.3 Å². The molecule has 0 aliphatic heterocycles. The molecule has 0 radical (unpaired) electrons. The molecule has 0 aliphatic carbocycles. The third-order valence-corrected chi connectivity index (χ3v) is 1.53. The predicted octanol–water partition coefficient (Wildman–Crippen LogP) is 1.41. The van der Waals surface area contributed by atoms with Crippen LogP contribution in [-0.4, -0.2) is 28.0 Å². The van der Waals surface area contributed by atoms with Gasteiger partial charge in [0.2, 0.25) is 0 Å². The summed E-state index contributed by atoms with van der Waals surface area (Å²) in [6, 6.07) is 0. The first kappa shape index (κ1) is 12.2. The average Bonchev–Trinajstić information content (AvgIpc) is 1.82. The average molecular weight is 200 g/mol. The van der Waals surface area contributed by atoms with Crippen LogP contribution in [0, 0.1) is 5.92 Å². The summed E-state index contributed by atoms with van der Waals surface area (Å²) in [5.41, 5.74) is -3.62. The molecule has 0 amide bonds. The first-order valence-electron chi connectivity index (χ1n) is 3.63. The van der Waals surface area contributed by atoms with Crippen molar-refractivity contribution < 1.29 is 28.2 Å². The lowest BCUT2D eigenvalue weighted by molar-refractivity contribution is -0.264. The zero-order valence-corrected chi connectivity index (χ0v) is 7.22. The van der Waals surface area contributed by atoms with Gasteiger partial charge in [-0.15, -0.1) is 0 Å². The first-order valence-corrected chi connectivity index (χ1v) is 3.63. The number of aliphatic hydroxyl groups is 1. The Labute approximate surface area is 73.2 Å². The molecule has 0 saturated heterocycles. The van der Waals surface area contributed by atoms with E-state index in [1.54, 1.807) is 0 Å². The van der Waals surface area contributed by atoms with Gasteiger partial charge in [-0.1, -0.05) is 13.8 Å². The monoisotopic (exact) mass is 200 g/mol. The minimum atomic E-state index is -5.14. The zero-order chi connectivity index (χ0) is 10.9. The molecule has 0 aromatic carbocycles. The van der Waals surface area contributed by atoms with E-state index in [2.05, 4.69) is 0 Å². The number of aliphatic carboxylic acids is 1. The molecular weight excluding hydrogens is 189 g/mol. The van der Waals surface area contributed by atoms with E-state index >= 15 is 0 Å². The Morgan fingerprint density at radius 3 is 1.85 bits per heavy atom. The Morgan fingerprint density at radius 1 is 1.38 bits per heavy atom. The van der Waals surface area contributed by atoms with Crippen LogP contribution in [0.3, 0.4) is 0 Å². The second-order valence-corrected chi connectivity index (χ2v) is 3.26. The summed E-state index contributed by atoms with van der Waals surface area (Å²) in [7, 11) is 0. The van der Waals surface area contributed by atoms with E-state index in [0.29, 0.717) is 0 Å². The van der Waals surface area contributed by atoms with Crippen LogP contribution in [0.5, 0.6) is 0 Å². The van der Waals surface area contributed by atoms with E-state index in [-0.39, 0.29) is 0 Å². The molecule has 0 aliphatic rings. The van der Waals surface area contributed by atoms with Gasteiger partial charge < -0.3 is 10.2 Å². The smallest absolute Gasteiger partial charge is 0.428 e. The van der Waals surface area contributed by atoms with Crippen LogP contribution in [-0.2, 0) is 4.79 Å². The molecule has 13 heavy (non-hydrogen) atoms. The molecule has 2 N–H and O–H groups in total. The summed E-state index contributed by atoms with van der Waals surface area (Å²) in [6.45, 7) is 2.80. The van der Waals surface area contributed by atoms with E-state index in [1.165, 1.54) is 13.8 Å². The van der Waals surface area contributed by atoms with Gasteiger partial charge in [0.1, 0.15) is 0 Å². The van der Waals surface area contributed by atoms with Crippen LogP contribution >= 0.6 is 0 Å². The molecule has 0 heterocycles. The Hall–Kier alpha value is -0.780. The van der Waals surface area contributed by atoms with E-state index in [0.717, 1.165) is 0 Å². The minimum absolute atomic E-state index is 0.553. The summed E-state index contributed by atoms with van der Waals surface area (Å²) >= 11 is 0. The summed E-state index contributed by atoms with van der Waals surface area (Å²) in [5, 5.41) is 17.1. The van der Waals surface area contributed by atoms with Crippen molar-refractivity contribution in [2.24, 2.45) is 5.92 Å². The van der Waals surface area contributed by atoms with E-state index < -0.39 is 30.1 Å². The van der Waals surface area contributed by atoms with Gasteiger partial charge >= 0.3 is 12.1 Å². The number of alkyl halides is 3. The highest BCUT2D eigenvalue weighted by molar-refractivity contribution is 5.78. The lowest BCUT2D eigenvalue weighted by Gasteiger charge is -2.27. The molecule has 0 aromatic rings. The Bertz CT molecular complexity index is 200. The van der Waals surface area contributed by atoms with Crippen molar-refractivity contribution in [3.63, 3.8) is 0 Å². The predicted molar refractivity (Wildman–Crippen MR) is 38.1 cm³/mol. The second-order valence-electron chi connectivity index (χ2n) is 3.26. The van der Waals surface area contributed by atoms with Gasteiger partial charge in [0.05, 0.1) is 0 Å². The highest BCUT2D eigenvalue weighted by Crippen LogP contribution is 2.35. The molecule has 3 nitrogen and oxygen atoms in total. The number of carboxylic acid groups (broad SMARTS) is 1. The van der Waals surface area contributed by atoms with Gasteiger partial charge in [0, 0.05) is 0 Å². The largest absolute Gasteiger partial charge is 0.479 e. The van der Waals surface area contributed by atoms with Gasteiger partial charge in [0.25, 0.3) is 5.60 Å². The highest BCUT2D eigenvalue weighted by Gasteiger charge is 2.59. The Balaban J connectivity index is 4.85. The number of halogens is 3. The Kier molecular flexibility index (Phi) is 3.32. The maximum Gasteiger partial charge on any atom is 0.428 e. The molecule has 0 aromatic heterocycles. The molecule has 78 valence electrons. The molecule has 0 spiro atoms. The fourth-order valence-electron chi connectivity index (χ4n) is 0.915. The van der Waals surface area contributed by atoms with Gasteiger partial charge in [0.15, 0.2) is 0 Å². The molecule has 0 saturated carbocycles. The number of hydrogen-bond acceptors (Lipinski definition) is 2. The number of carboxylic acids is 1. The summed E-state index contributed by atoms with van der Waals surface area (Å²) < 4.78 is 36.3. The SMILES string of the molecule is CC(C)C[C@@](O)(C(=O)O)C(F)(F)F. The fourth-order valence-corrected chi connectivity index (χ4v) is 0.915. The molecule has 0 bridgehead atoms. The van der Waals surface area contributed by atoms with Gasteiger partial charge in [-0.25, -0.2) is 4.79 Å². The van der Waals surface area contributed by atoms with E-state index in [9.17, 15) is 18.0 Å². The summed E-state index contributed by atoms with van der Waals surface area (Å²) in [6.07, 6.45) is -5.98.